The maximum atomic E-state index is 12.0. The second-order valence-corrected chi connectivity index (χ2v) is 10.4. The van der Waals surface area contributed by atoms with Gasteiger partial charge in [-0.1, -0.05) is 35.9 Å². The number of aliphatic hydroxyl groups excluding tert-OH is 1. The minimum atomic E-state index is -3.02. The quantitative estimate of drug-likeness (QED) is 0.685. The van der Waals surface area contributed by atoms with Crippen molar-refractivity contribution in [3.05, 3.63) is 64.2 Å². The number of aliphatic hydroxyl groups is 1. The summed E-state index contributed by atoms with van der Waals surface area (Å²) in [5, 5.41) is 11.3. The molecular weight excluding hydrogens is 410 g/mol. The molecule has 158 valence electrons. The van der Waals surface area contributed by atoms with E-state index in [-0.39, 0.29) is 24.2 Å². The van der Waals surface area contributed by atoms with Gasteiger partial charge in [-0.2, -0.15) is 0 Å². The van der Waals surface area contributed by atoms with E-state index in [2.05, 4.69) is 0 Å². The van der Waals surface area contributed by atoms with Crippen LogP contribution >= 0.6 is 11.6 Å². The fourth-order valence-corrected chi connectivity index (χ4v) is 5.51. The second-order valence-electron chi connectivity index (χ2n) is 7.78. The van der Waals surface area contributed by atoms with Gasteiger partial charge >= 0.3 is 0 Å². The van der Waals surface area contributed by atoms with E-state index in [4.69, 9.17) is 16.3 Å². The van der Waals surface area contributed by atoms with Crippen LogP contribution < -0.4 is 4.74 Å². The first kappa shape index (κ1) is 22.1. The van der Waals surface area contributed by atoms with Crippen LogP contribution in [0.5, 0.6) is 5.75 Å². The highest BCUT2D eigenvalue weighted by molar-refractivity contribution is 7.91. The van der Waals surface area contributed by atoms with Crippen molar-refractivity contribution >= 4 is 21.4 Å². The van der Waals surface area contributed by atoms with Gasteiger partial charge in [0.1, 0.15) is 18.5 Å². The highest BCUT2D eigenvalue weighted by atomic mass is 35.5. The Morgan fingerprint density at radius 1 is 1.21 bits per heavy atom. The van der Waals surface area contributed by atoms with Crippen molar-refractivity contribution in [2.24, 2.45) is 0 Å². The summed E-state index contributed by atoms with van der Waals surface area (Å²) in [6.07, 6.45) is -0.147. The minimum absolute atomic E-state index is 0.106. The summed E-state index contributed by atoms with van der Waals surface area (Å²) < 4.78 is 29.8. The van der Waals surface area contributed by atoms with Gasteiger partial charge in [-0.3, -0.25) is 4.90 Å². The van der Waals surface area contributed by atoms with E-state index in [1.165, 1.54) is 0 Å². The fourth-order valence-electron chi connectivity index (χ4n) is 3.62. The van der Waals surface area contributed by atoms with Crippen molar-refractivity contribution in [1.82, 2.24) is 4.90 Å². The van der Waals surface area contributed by atoms with E-state index < -0.39 is 15.9 Å². The molecule has 0 aromatic heterocycles. The lowest BCUT2D eigenvalue weighted by molar-refractivity contribution is 0.0522. The van der Waals surface area contributed by atoms with Crippen LogP contribution in [0, 0.1) is 13.8 Å². The molecule has 0 aliphatic carbocycles. The van der Waals surface area contributed by atoms with E-state index in [0.717, 1.165) is 22.4 Å². The number of nitrogens with zero attached hydrogens (tertiary/aromatic N) is 1. The molecule has 2 aromatic carbocycles. The number of rotatable bonds is 8. The lowest BCUT2D eigenvalue weighted by atomic mass is 10.1. The Labute approximate surface area is 178 Å². The first-order chi connectivity index (χ1) is 13.7. The standard InChI is InChI=1S/C22H28ClNO4S/c1-16-4-3-5-22(17(16)2)28-14-21(25)13-24(20-10-11-29(26,27)15-20)12-18-6-8-19(23)9-7-18/h3-9,20-21,25H,10-15H2,1-2H3. The predicted molar refractivity (Wildman–Crippen MR) is 116 cm³/mol. The van der Waals surface area contributed by atoms with Crippen molar-refractivity contribution in [2.45, 2.75) is 39.0 Å². The summed E-state index contributed by atoms with van der Waals surface area (Å²) in [7, 11) is -3.02. The van der Waals surface area contributed by atoms with E-state index in [9.17, 15) is 13.5 Å². The van der Waals surface area contributed by atoms with Gasteiger partial charge in [0, 0.05) is 24.2 Å². The molecule has 29 heavy (non-hydrogen) atoms. The molecular formula is C22H28ClNO4S. The Morgan fingerprint density at radius 3 is 2.59 bits per heavy atom. The Bertz CT molecular complexity index is 930. The molecule has 2 aromatic rings. The van der Waals surface area contributed by atoms with E-state index in [1.54, 1.807) is 0 Å². The number of halogens is 1. The lowest BCUT2D eigenvalue weighted by Crippen LogP contribution is -2.42. The van der Waals surface area contributed by atoms with Crippen molar-refractivity contribution in [3.8, 4) is 5.75 Å². The summed E-state index contributed by atoms with van der Waals surface area (Å²) >= 11 is 5.97. The monoisotopic (exact) mass is 437 g/mol. The van der Waals surface area contributed by atoms with E-state index >= 15 is 0 Å². The molecule has 1 N–H and O–H groups in total. The average molecular weight is 438 g/mol. The summed E-state index contributed by atoms with van der Waals surface area (Å²) in [5.74, 6) is 1.09. The van der Waals surface area contributed by atoms with Crippen molar-refractivity contribution in [1.29, 1.82) is 0 Å². The van der Waals surface area contributed by atoms with Gasteiger partial charge in [-0.15, -0.1) is 0 Å². The molecule has 0 saturated carbocycles. The van der Waals surface area contributed by atoms with Gasteiger partial charge in [-0.05, 0) is 55.2 Å². The van der Waals surface area contributed by atoms with E-state index in [1.807, 2.05) is 61.2 Å². The van der Waals surface area contributed by atoms with Crippen LogP contribution in [0.1, 0.15) is 23.1 Å². The van der Waals surface area contributed by atoms with Crippen molar-refractivity contribution < 1.29 is 18.3 Å². The van der Waals surface area contributed by atoms with Gasteiger partial charge in [0.15, 0.2) is 9.84 Å². The molecule has 3 rings (SSSR count). The third-order valence-corrected chi connectivity index (χ3v) is 7.46. The lowest BCUT2D eigenvalue weighted by Gasteiger charge is -2.30. The summed E-state index contributed by atoms with van der Waals surface area (Å²) in [6.45, 7) is 5.06. The first-order valence-electron chi connectivity index (χ1n) is 9.79. The van der Waals surface area contributed by atoms with Crippen molar-refractivity contribution in [2.75, 3.05) is 24.7 Å². The Balaban J connectivity index is 1.66. The zero-order valence-corrected chi connectivity index (χ0v) is 18.4. The molecule has 1 heterocycles. The molecule has 0 radical (unpaired) electrons. The summed E-state index contributed by atoms with van der Waals surface area (Å²) in [4.78, 5) is 2.05. The first-order valence-corrected chi connectivity index (χ1v) is 12.0. The van der Waals surface area contributed by atoms with Crippen LogP contribution in [0.15, 0.2) is 42.5 Å². The van der Waals surface area contributed by atoms with Gasteiger partial charge in [0.25, 0.3) is 0 Å². The Hall–Kier alpha value is -1.60. The van der Waals surface area contributed by atoms with Crippen LogP contribution in [0.4, 0.5) is 0 Å². The van der Waals surface area contributed by atoms with Crippen LogP contribution in [0.25, 0.3) is 0 Å². The minimum Gasteiger partial charge on any atom is -0.491 e. The van der Waals surface area contributed by atoms with Gasteiger partial charge in [0.05, 0.1) is 11.5 Å². The van der Waals surface area contributed by atoms with Crippen LogP contribution in [0.2, 0.25) is 5.02 Å². The molecule has 0 bridgehead atoms. The molecule has 1 saturated heterocycles. The molecule has 1 aliphatic rings. The third-order valence-electron chi connectivity index (χ3n) is 5.46. The predicted octanol–water partition coefficient (Wildman–Crippen LogP) is 3.39. The summed E-state index contributed by atoms with van der Waals surface area (Å²) in [6, 6.07) is 13.2. The fraction of sp³-hybridized carbons (Fsp3) is 0.455. The molecule has 1 aliphatic heterocycles. The highest BCUT2D eigenvalue weighted by Gasteiger charge is 2.33. The molecule has 0 amide bonds. The highest BCUT2D eigenvalue weighted by Crippen LogP contribution is 2.23. The Kier molecular flexibility index (Phi) is 7.22. The average Bonchev–Trinajstić information content (AvgIpc) is 3.04. The van der Waals surface area contributed by atoms with Crippen LogP contribution in [-0.2, 0) is 16.4 Å². The SMILES string of the molecule is Cc1cccc(OCC(O)CN(Cc2ccc(Cl)cc2)C2CCS(=O)(=O)C2)c1C. The molecule has 2 unspecified atom stereocenters. The number of hydrogen-bond donors (Lipinski definition) is 1. The second kappa shape index (κ2) is 9.47. The van der Waals surface area contributed by atoms with Crippen LogP contribution in [0.3, 0.4) is 0 Å². The van der Waals surface area contributed by atoms with Crippen LogP contribution in [-0.4, -0.2) is 55.2 Å². The molecule has 1 fully saturated rings. The third kappa shape index (κ3) is 6.19. The number of sulfone groups is 1. The number of hydrogen-bond acceptors (Lipinski definition) is 5. The van der Waals surface area contributed by atoms with Gasteiger partial charge in [0.2, 0.25) is 0 Å². The normalized spacial score (nSPS) is 19.4. The molecule has 5 nitrogen and oxygen atoms in total. The number of ether oxygens (including phenoxy) is 1. The van der Waals surface area contributed by atoms with Gasteiger partial charge in [-0.25, -0.2) is 8.42 Å². The number of benzene rings is 2. The maximum Gasteiger partial charge on any atom is 0.151 e. The largest absolute Gasteiger partial charge is 0.491 e. The molecule has 7 heteroatoms. The molecule has 0 spiro atoms. The van der Waals surface area contributed by atoms with E-state index in [0.29, 0.717) is 24.5 Å². The zero-order valence-electron chi connectivity index (χ0n) is 16.8. The summed E-state index contributed by atoms with van der Waals surface area (Å²) in [5.41, 5.74) is 3.22. The smallest absolute Gasteiger partial charge is 0.151 e. The molecule has 2 atom stereocenters. The maximum absolute atomic E-state index is 12.0. The Morgan fingerprint density at radius 2 is 1.93 bits per heavy atom. The topological polar surface area (TPSA) is 66.8 Å². The van der Waals surface area contributed by atoms with Gasteiger partial charge < -0.3 is 9.84 Å². The number of aryl methyl sites for hydroxylation is 1. The van der Waals surface area contributed by atoms with Crippen molar-refractivity contribution in [3.63, 3.8) is 0 Å². The zero-order chi connectivity index (χ0) is 21.0.